The molecule has 1 unspecified atom stereocenters. The topological polar surface area (TPSA) is 61.4 Å². The van der Waals surface area contributed by atoms with Crippen molar-refractivity contribution in [3.05, 3.63) is 30.3 Å². The highest BCUT2D eigenvalue weighted by molar-refractivity contribution is 7.92. The number of sulfonamides is 1. The van der Waals surface area contributed by atoms with E-state index in [1.165, 1.54) is 10.6 Å². The third-order valence-corrected chi connectivity index (χ3v) is 4.12. The number of hydrogen-bond donors (Lipinski definition) is 2. The van der Waals surface area contributed by atoms with Crippen LogP contribution in [-0.4, -0.2) is 46.9 Å². The van der Waals surface area contributed by atoms with Crippen molar-refractivity contribution < 1.29 is 8.42 Å². The van der Waals surface area contributed by atoms with Gasteiger partial charge >= 0.3 is 0 Å². The Kier molecular flexibility index (Phi) is 4.21. The second-order valence-corrected chi connectivity index (χ2v) is 6.39. The zero-order valence-corrected chi connectivity index (χ0v) is 11.3. The quantitative estimate of drug-likeness (QED) is 0.808. The van der Waals surface area contributed by atoms with Gasteiger partial charge in [0.1, 0.15) is 0 Å². The fourth-order valence-corrected chi connectivity index (χ4v) is 3.02. The molecule has 0 amide bonds. The molecule has 1 fully saturated rings. The molecular formula is C12H19N3O2S. The van der Waals surface area contributed by atoms with Crippen molar-refractivity contribution in [2.75, 3.05) is 36.7 Å². The molecule has 6 heteroatoms. The normalized spacial score (nSPS) is 20.6. The van der Waals surface area contributed by atoms with Crippen molar-refractivity contribution in [3.8, 4) is 0 Å². The van der Waals surface area contributed by atoms with E-state index in [4.69, 9.17) is 0 Å². The average molecular weight is 269 g/mol. The smallest absolute Gasteiger partial charge is 0.232 e. The van der Waals surface area contributed by atoms with Crippen molar-refractivity contribution in [1.29, 1.82) is 0 Å². The zero-order chi connectivity index (χ0) is 13.0. The van der Waals surface area contributed by atoms with Crippen molar-refractivity contribution in [2.45, 2.75) is 6.04 Å². The summed E-state index contributed by atoms with van der Waals surface area (Å²) in [5, 5.41) is 6.58. The van der Waals surface area contributed by atoms with Crippen LogP contribution in [0.25, 0.3) is 0 Å². The first-order valence-electron chi connectivity index (χ1n) is 6.04. The number of rotatable bonds is 4. The van der Waals surface area contributed by atoms with Gasteiger partial charge in [-0.15, -0.1) is 0 Å². The Bertz CT molecular complexity index is 469. The van der Waals surface area contributed by atoms with Crippen LogP contribution in [0.4, 0.5) is 5.69 Å². The summed E-state index contributed by atoms with van der Waals surface area (Å²) in [5.41, 5.74) is 0.715. The highest BCUT2D eigenvalue weighted by Crippen LogP contribution is 2.17. The number of para-hydroxylation sites is 1. The molecule has 18 heavy (non-hydrogen) atoms. The largest absolute Gasteiger partial charge is 0.314 e. The van der Waals surface area contributed by atoms with Gasteiger partial charge < -0.3 is 10.6 Å². The van der Waals surface area contributed by atoms with E-state index < -0.39 is 10.0 Å². The number of anilines is 1. The molecule has 0 saturated carbocycles. The van der Waals surface area contributed by atoms with E-state index in [-0.39, 0.29) is 6.04 Å². The number of benzene rings is 1. The van der Waals surface area contributed by atoms with Crippen molar-refractivity contribution in [1.82, 2.24) is 10.6 Å². The molecule has 1 aromatic rings. The van der Waals surface area contributed by atoms with Gasteiger partial charge in [-0.05, 0) is 12.1 Å². The van der Waals surface area contributed by atoms with Crippen LogP contribution in [0.3, 0.4) is 0 Å². The minimum atomic E-state index is -3.25. The third kappa shape index (κ3) is 3.44. The summed E-state index contributed by atoms with van der Waals surface area (Å²) in [6, 6.07) is 9.35. The summed E-state index contributed by atoms with van der Waals surface area (Å²) < 4.78 is 25.2. The lowest BCUT2D eigenvalue weighted by molar-refractivity contribution is 0.424. The molecule has 0 radical (unpaired) electrons. The molecule has 0 aromatic heterocycles. The maximum Gasteiger partial charge on any atom is 0.232 e. The number of nitrogens with one attached hydrogen (secondary N) is 2. The lowest BCUT2D eigenvalue weighted by Gasteiger charge is -2.30. The second kappa shape index (κ2) is 5.69. The van der Waals surface area contributed by atoms with Gasteiger partial charge in [-0.25, -0.2) is 8.42 Å². The van der Waals surface area contributed by atoms with Crippen LogP contribution in [0.2, 0.25) is 0 Å². The van der Waals surface area contributed by atoms with E-state index in [1.54, 1.807) is 0 Å². The van der Waals surface area contributed by atoms with E-state index in [1.807, 2.05) is 30.3 Å². The molecule has 2 N–H and O–H groups in total. The summed E-state index contributed by atoms with van der Waals surface area (Å²) in [6.45, 7) is 3.05. The fourth-order valence-electron chi connectivity index (χ4n) is 2.07. The highest BCUT2D eigenvalue weighted by Gasteiger charge is 2.22. The van der Waals surface area contributed by atoms with Crippen LogP contribution in [0, 0.1) is 0 Å². The Morgan fingerprint density at radius 3 is 2.56 bits per heavy atom. The molecule has 5 nitrogen and oxygen atoms in total. The maximum atomic E-state index is 11.9. The summed E-state index contributed by atoms with van der Waals surface area (Å²) >= 11 is 0. The van der Waals surface area contributed by atoms with Gasteiger partial charge in [-0.1, -0.05) is 18.2 Å². The molecule has 1 saturated heterocycles. The summed E-state index contributed by atoms with van der Waals surface area (Å²) in [4.78, 5) is 0. The highest BCUT2D eigenvalue weighted by atomic mass is 32.2. The van der Waals surface area contributed by atoms with E-state index in [0.717, 1.165) is 19.6 Å². The molecule has 1 heterocycles. The molecule has 100 valence electrons. The minimum Gasteiger partial charge on any atom is -0.314 e. The SMILES string of the molecule is CS(=O)(=O)N(CC1CNCCN1)c1ccccc1. The molecule has 1 aliphatic rings. The Morgan fingerprint density at radius 1 is 1.28 bits per heavy atom. The van der Waals surface area contributed by atoms with Gasteiger partial charge in [-0.3, -0.25) is 4.31 Å². The van der Waals surface area contributed by atoms with Crippen LogP contribution in [0.1, 0.15) is 0 Å². The second-order valence-electron chi connectivity index (χ2n) is 4.48. The van der Waals surface area contributed by atoms with Crippen molar-refractivity contribution >= 4 is 15.7 Å². The number of hydrogen-bond acceptors (Lipinski definition) is 4. The van der Waals surface area contributed by atoms with E-state index >= 15 is 0 Å². The molecule has 0 bridgehead atoms. The molecule has 1 aromatic carbocycles. The Balaban J connectivity index is 2.16. The monoisotopic (exact) mass is 269 g/mol. The van der Waals surface area contributed by atoms with Gasteiger partial charge in [-0.2, -0.15) is 0 Å². The van der Waals surface area contributed by atoms with Gasteiger partial charge in [0.15, 0.2) is 0 Å². The van der Waals surface area contributed by atoms with Crippen LogP contribution in [0.5, 0.6) is 0 Å². The summed E-state index contributed by atoms with van der Waals surface area (Å²) in [7, 11) is -3.25. The van der Waals surface area contributed by atoms with E-state index in [0.29, 0.717) is 12.2 Å². The Morgan fingerprint density at radius 2 is 2.00 bits per heavy atom. The molecule has 0 aliphatic carbocycles. The lowest BCUT2D eigenvalue weighted by Crippen LogP contribution is -2.54. The number of nitrogens with zero attached hydrogens (tertiary/aromatic N) is 1. The molecule has 1 aliphatic heterocycles. The maximum absolute atomic E-state index is 11.9. The van der Waals surface area contributed by atoms with E-state index in [2.05, 4.69) is 10.6 Å². The zero-order valence-electron chi connectivity index (χ0n) is 10.5. The van der Waals surface area contributed by atoms with Crippen LogP contribution >= 0.6 is 0 Å². The molecular weight excluding hydrogens is 250 g/mol. The molecule has 0 spiro atoms. The van der Waals surface area contributed by atoms with Crippen LogP contribution < -0.4 is 14.9 Å². The summed E-state index contributed by atoms with van der Waals surface area (Å²) in [5.74, 6) is 0. The number of piperazine rings is 1. The predicted molar refractivity (Wildman–Crippen MR) is 73.3 cm³/mol. The Labute approximate surface area is 108 Å². The minimum absolute atomic E-state index is 0.147. The van der Waals surface area contributed by atoms with Gasteiger partial charge in [0.05, 0.1) is 18.5 Å². The predicted octanol–water partition coefficient (Wildman–Crippen LogP) is 0.0140. The van der Waals surface area contributed by atoms with Crippen molar-refractivity contribution in [3.63, 3.8) is 0 Å². The molecule has 1 atom stereocenters. The van der Waals surface area contributed by atoms with Gasteiger partial charge in [0.25, 0.3) is 0 Å². The first-order chi connectivity index (χ1) is 8.57. The van der Waals surface area contributed by atoms with Crippen molar-refractivity contribution in [2.24, 2.45) is 0 Å². The van der Waals surface area contributed by atoms with Crippen LogP contribution in [-0.2, 0) is 10.0 Å². The first-order valence-corrected chi connectivity index (χ1v) is 7.89. The average Bonchev–Trinajstić information content (AvgIpc) is 2.37. The standard InChI is InChI=1S/C12H19N3O2S/c1-18(16,17)15(12-5-3-2-4-6-12)10-11-9-13-7-8-14-11/h2-6,11,13-14H,7-10H2,1H3. The van der Waals surface area contributed by atoms with Gasteiger partial charge in [0.2, 0.25) is 10.0 Å². The van der Waals surface area contributed by atoms with Gasteiger partial charge in [0, 0.05) is 25.7 Å². The first kappa shape index (κ1) is 13.3. The fraction of sp³-hybridized carbons (Fsp3) is 0.500. The molecule has 2 rings (SSSR count). The van der Waals surface area contributed by atoms with Crippen LogP contribution in [0.15, 0.2) is 30.3 Å². The lowest BCUT2D eigenvalue weighted by atomic mass is 10.2. The van der Waals surface area contributed by atoms with E-state index in [9.17, 15) is 8.42 Å². The Hall–Kier alpha value is -1.11. The summed E-state index contributed by atoms with van der Waals surface area (Å²) in [6.07, 6.45) is 1.25. The third-order valence-electron chi connectivity index (χ3n) is 2.96.